The molecule has 0 atom stereocenters. The van der Waals surface area contributed by atoms with E-state index in [-0.39, 0.29) is 5.91 Å². The Kier molecular flexibility index (Phi) is 2.49. The molecule has 1 aromatic carbocycles. The van der Waals surface area contributed by atoms with Crippen LogP contribution in [0.25, 0.3) is 11.0 Å². The minimum atomic E-state index is -0.0189. The molecule has 0 aliphatic carbocycles. The first kappa shape index (κ1) is 10.2. The summed E-state index contributed by atoms with van der Waals surface area (Å²) in [7, 11) is 0. The molecule has 1 aliphatic rings. The SMILES string of the molecule is O=C(c1ccc2n[nH]nc2c1)N1CCCOC1. The van der Waals surface area contributed by atoms with Gasteiger partial charge in [-0.05, 0) is 24.6 Å². The molecular formula is C11H12N4O2. The maximum Gasteiger partial charge on any atom is 0.255 e. The van der Waals surface area contributed by atoms with Crippen LogP contribution in [-0.4, -0.2) is 46.1 Å². The zero-order valence-electron chi connectivity index (χ0n) is 9.22. The number of H-pyrrole nitrogens is 1. The van der Waals surface area contributed by atoms with Gasteiger partial charge < -0.3 is 9.64 Å². The lowest BCUT2D eigenvalue weighted by atomic mass is 10.1. The number of amides is 1. The van der Waals surface area contributed by atoms with Crippen molar-refractivity contribution in [2.45, 2.75) is 6.42 Å². The van der Waals surface area contributed by atoms with Crippen LogP contribution >= 0.6 is 0 Å². The summed E-state index contributed by atoms with van der Waals surface area (Å²) in [6, 6.07) is 5.30. The molecule has 1 amide bonds. The molecular weight excluding hydrogens is 220 g/mol. The standard InChI is InChI=1S/C11H12N4O2/c16-11(15-4-1-5-17-7-15)8-2-3-9-10(6-8)13-14-12-9/h2-3,6H,1,4-5,7H2,(H,12,13,14). The monoisotopic (exact) mass is 232 g/mol. The second-order valence-electron chi connectivity index (χ2n) is 3.99. The van der Waals surface area contributed by atoms with Crippen LogP contribution in [0, 0.1) is 0 Å². The lowest BCUT2D eigenvalue weighted by Crippen LogP contribution is -2.38. The van der Waals surface area contributed by atoms with Gasteiger partial charge in [-0.25, -0.2) is 0 Å². The van der Waals surface area contributed by atoms with Gasteiger partial charge in [0.25, 0.3) is 5.91 Å². The van der Waals surface area contributed by atoms with Crippen LogP contribution in [0.4, 0.5) is 0 Å². The zero-order valence-corrected chi connectivity index (χ0v) is 9.22. The Hall–Kier alpha value is -1.95. The van der Waals surface area contributed by atoms with Gasteiger partial charge in [0.05, 0.1) is 6.61 Å². The van der Waals surface area contributed by atoms with E-state index in [1.54, 1.807) is 23.1 Å². The summed E-state index contributed by atoms with van der Waals surface area (Å²) in [6.45, 7) is 1.84. The zero-order chi connectivity index (χ0) is 11.7. The van der Waals surface area contributed by atoms with Crippen molar-refractivity contribution in [1.82, 2.24) is 20.3 Å². The molecule has 0 saturated carbocycles. The van der Waals surface area contributed by atoms with E-state index >= 15 is 0 Å². The molecule has 0 bridgehead atoms. The predicted molar refractivity (Wildman–Crippen MR) is 60.4 cm³/mol. The van der Waals surface area contributed by atoms with Crippen molar-refractivity contribution in [3.8, 4) is 0 Å². The summed E-state index contributed by atoms with van der Waals surface area (Å²) in [5.41, 5.74) is 2.09. The molecule has 1 saturated heterocycles. The van der Waals surface area contributed by atoms with Crippen molar-refractivity contribution in [1.29, 1.82) is 0 Å². The molecule has 2 heterocycles. The summed E-state index contributed by atoms with van der Waals surface area (Å²) < 4.78 is 5.27. The molecule has 1 fully saturated rings. The van der Waals surface area contributed by atoms with E-state index in [0.717, 1.165) is 25.1 Å². The molecule has 1 aromatic heterocycles. The van der Waals surface area contributed by atoms with Gasteiger partial charge in [0, 0.05) is 12.1 Å². The maximum absolute atomic E-state index is 12.2. The number of aromatic nitrogens is 3. The Bertz CT molecular complexity index is 545. The number of rotatable bonds is 1. The minimum Gasteiger partial charge on any atom is -0.361 e. The highest BCUT2D eigenvalue weighted by atomic mass is 16.5. The third kappa shape index (κ3) is 1.87. The lowest BCUT2D eigenvalue weighted by Gasteiger charge is -2.26. The molecule has 3 rings (SSSR count). The van der Waals surface area contributed by atoms with Gasteiger partial charge in [-0.3, -0.25) is 4.79 Å². The molecule has 0 spiro atoms. The van der Waals surface area contributed by atoms with Crippen molar-refractivity contribution >= 4 is 16.9 Å². The molecule has 0 unspecified atom stereocenters. The van der Waals surface area contributed by atoms with E-state index in [0.29, 0.717) is 17.8 Å². The number of benzene rings is 1. The van der Waals surface area contributed by atoms with Crippen molar-refractivity contribution in [3.63, 3.8) is 0 Å². The summed E-state index contributed by atoms with van der Waals surface area (Å²) in [6.07, 6.45) is 0.887. The fourth-order valence-corrected chi connectivity index (χ4v) is 1.91. The molecule has 2 aromatic rings. The van der Waals surface area contributed by atoms with Crippen LogP contribution in [0.15, 0.2) is 18.2 Å². The third-order valence-electron chi connectivity index (χ3n) is 2.81. The summed E-state index contributed by atoms with van der Waals surface area (Å²) in [5.74, 6) is -0.0189. The fraction of sp³-hybridized carbons (Fsp3) is 0.364. The first-order chi connectivity index (χ1) is 8.34. The minimum absolute atomic E-state index is 0.0189. The van der Waals surface area contributed by atoms with Crippen LogP contribution in [0.2, 0.25) is 0 Å². The first-order valence-corrected chi connectivity index (χ1v) is 5.52. The Morgan fingerprint density at radius 1 is 1.35 bits per heavy atom. The summed E-state index contributed by atoms with van der Waals surface area (Å²) in [4.78, 5) is 13.9. The normalized spacial score (nSPS) is 16.4. The van der Waals surface area contributed by atoms with Crippen molar-refractivity contribution < 1.29 is 9.53 Å². The van der Waals surface area contributed by atoms with Gasteiger partial charge >= 0.3 is 0 Å². The Balaban J connectivity index is 1.88. The van der Waals surface area contributed by atoms with Gasteiger partial charge in [-0.2, -0.15) is 15.4 Å². The number of nitrogens with zero attached hydrogens (tertiary/aromatic N) is 3. The largest absolute Gasteiger partial charge is 0.361 e. The van der Waals surface area contributed by atoms with Crippen LogP contribution in [0.5, 0.6) is 0 Å². The second-order valence-corrected chi connectivity index (χ2v) is 3.99. The van der Waals surface area contributed by atoms with Gasteiger partial charge in [0.2, 0.25) is 0 Å². The van der Waals surface area contributed by atoms with Gasteiger partial charge in [0.1, 0.15) is 17.8 Å². The van der Waals surface area contributed by atoms with Crippen molar-refractivity contribution in [3.05, 3.63) is 23.8 Å². The number of carbonyl (C=O) groups is 1. The van der Waals surface area contributed by atoms with E-state index in [1.165, 1.54) is 0 Å². The molecule has 6 nitrogen and oxygen atoms in total. The molecule has 88 valence electrons. The molecule has 6 heteroatoms. The second kappa shape index (κ2) is 4.14. The number of nitrogens with one attached hydrogen (secondary N) is 1. The number of fused-ring (bicyclic) bond motifs is 1. The number of aromatic amines is 1. The Labute approximate surface area is 97.6 Å². The molecule has 1 N–H and O–H groups in total. The van der Waals surface area contributed by atoms with Crippen LogP contribution in [0.3, 0.4) is 0 Å². The number of hydrogen-bond acceptors (Lipinski definition) is 4. The highest BCUT2D eigenvalue weighted by Gasteiger charge is 2.18. The molecule has 17 heavy (non-hydrogen) atoms. The first-order valence-electron chi connectivity index (χ1n) is 5.52. The molecule has 0 radical (unpaired) electrons. The Morgan fingerprint density at radius 2 is 2.24 bits per heavy atom. The smallest absolute Gasteiger partial charge is 0.255 e. The van der Waals surface area contributed by atoms with E-state index in [4.69, 9.17) is 4.74 Å². The van der Waals surface area contributed by atoms with Gasteiger partial charge in [-0.1, -0.05) is 0 Å². The highest BCUT2D eigenvalue weighted by Crippen LogP contribution is 2.14. The van der Waals surface area contributed by atoms with E-state index in [9.17, 15) is 4.79 Å². The van der Waals surface area contributed by atoms with E-state index in [2.05, 4.69) is 15.4 Å². The number of ether oxygens (including phenoxy) is 1. The van der Waals surface area contributed by atoms with E-state index in [1.807, 2.05) is 0 Å². The quantitative estimate of drug-likeness (QED) is 0.788. The Morgan fingerprint density at radius 3 is 3.06 bits per heavy atom. The highest BCUT2D eigenvalue weighted by molar-refractivity contribution is 5.97. The topological polar surface area (TPSA) is 71.1 Å². The van der Waals surface area contributed by atoms with Crippen LogP contribution < -0.4 is 0 Å². The van der Waals surface area contributed by atoms with Gasteiger partial charge in [0.15, 0.2) is 0 Å². The summed E-state index contributed by atoms with van der Waals surface area (Å²) in [5, 5.41) is 10.4. The lowest BCUT2D eigenvalue weighted by molar-refractivity contribution is -0.00570. The van der Waals surface area contributed by atoms with Crippen LogP contribution in [-0.2, 0) is 4.74 Å². The fourth-order valence-electron chi connectivity index (χ4n) is 1.91. The third-order valence-corrected chi connectivity index (χ3v) is 2.81. The number of hydrogen-bond donors (Lipinski definition) is 1. The summed E-state index contributed by atoms with van der Waals surface area (Å²) >= 11 is 0. The van der Waals surface area contributed by atoms with Gasteiger partial charge in [-0.15, -0.1) is 0 Å². The van der Waals surface area contributed by atoms with Crippen molar-refractivity contribution in [2.75, 3.05) is 19.9 Å². The molecule has 1 aliphatic heterocycles. The van der Waals surface area contributed by atoms with E-state index < -0.39 is 0 Å². The average Bonchev–Trinajstić information content (AvgIpc) is 2.86. The predicted octanol–water partition coefficient (Wildman–Crippen LogP) is 0.778. The van der Waals surface area contributed by atoms with Crippen molar-refractivity contribution in [2.24, 2.45) is 0 Å². The maximum atomic E-state index is 12.2. The number of carbonyl (C=O) groups excluding carboxylic acids is 1. The average molecular weight is 232 g/mol. The van der Waals surface area contributed by atoms with Crippen LogP contribution in [0.1, 0.15) is 16.8 Å².